The molecular formula is C46H91N2O10P+. The topological polar surface area (TPSA) is 141 Å². The maximum atomic E-state index is 13.2. The first-order valence-electron chi connectivity index (χ1n) is 23.9. The van der Waals surface area contributed by atoms with Gasteiger partial charge in [0.2, 0.25) is 0 Å². The molecule has 59 heavy (non-hydrogen) atoms. The summed E-state index contributed by atoms with van der Waals surface area (Å²) in [4.78, 5) is 35.6. The van der Waals surface area contributed by atoms with Gasteiger partial charge in [0.25, 0.3) is 0 Å². The Balaban J connectivity index is 2.40. The molecule has 0 aliphatic carbocycles. The Labute approximate surface area is 361 Å². The highest BCUT2D eigenvalue weighted by Gasteiger charge is 2.51. The zero-order chi connectivity index (χ0) is 43.9. The van der Waals surface area contributed by atoms with E-state index in [2.05, 4.69) is 13.8 Å². The Hall–Kier alpha value is -1.11. The number of nitrogens with zero attached hydrogens (tertiary/aromatic N) is 2. The van der Waals surface area contributed by atoms with Crippen molar-refractivity contribution in [3.63, 3.8) is 0 Å². The number of rotatable bonds is 40. The highest BCUT2D eigenvalue weighted by Crippen LogP contribution is 2.43. The first kappa shape index (κ1) is 55.9. The number of hydroxylamine groups is 2. The second kappa shape index (κ2) is 32.5. The number of unbranched alkanes of at least 4 members (excludes halogenated alkanes) is 22. The fourth-order valence-electron chi connectivity index (χ4n) is 7.56. The van der Waals surface area contributed by atoms with Crippen LogP contribution in [0.15, 0.2) is 0 Å². The van der Waals surface area contributed by atoms with Crippen LogP contribution in [0, 0.1) is 0 Å². The number of hydrogen-bond acceptors (Lipinski definition) is 9. The summed E-state index contributed by atoms with van der Waals surface area (Å²) in [6, 6.07) is 0. The summed E-state index contributed by atoms with van der Waals surface area (Å²) < 4.78 is 40.6. The smallest absolute Gasteiger partial charge is 0.462 e. The van der Waals surface area contributed by atoms with E-state index in [4.69, 9.17) is 23.3 Å². The Bertz CT molecular complexity index is 1120. The molecule has 12 nitrogen and oxygen atoms in total. The Morgan fingerprint density at radius 1 is 0.661 bits per heavy atom. The van der Waals surface area contributed by atoms with Crippen molar-refractivity contribution >= 4 is 19.8 Å². The molecular weight excluding hydrogens is 771 g/mol. The summed E-state index contributed by atoms with van der Waals surface area (Å²) in [5, 5.41) is 14.4. The maximum Gasteiger partial charge on any atom is 0.472 e. The van der Waals surface area contributed by atoms with E-state index in [0.717, 1.165) is 83.5 Å². The first-order valence-corrected chi connectivity index (χ1v) is 25.4. The number of phosphoric ester groups is 1. The van der Waals surface area contributed by atoms with Crippen molar-refractivity contribution in [1.29, 1.82) is 0 Å². The molecule has 1 heterocycles. The lowest BCUT2D eigenvalue weighted by atomic mass is 9.95. The monoisotopic (exact) mass is 863 g/mol. The molecule has 0 amide bonds. The van der Waals surface area contributed by atoms with E-state index in [9.17, 15) is 24.3 Å². The van der Waals surface area contributed by atoms with E-state index >= 15 is 0 Å². The lowest BCUT2D eigenvalue weighted by molar-refractivity contribution is -0.870. The minimum atomic E-state index is -4.40. The molecule has 0 aromatic heterocycles. The third kappa shape index (κ3) is 29.0. The van der Waals surface area contributed by atoms with Crippen LogP contribution in [0.1, 0.15) is 214 Å². The van der Waals surface area contributed by atoms with Crippen LogP contribution in [-0.4, -0.2) is 97.9 Å². The highest BCUT2D eigenvalue weighted by atomic mass is 31.2. The van der Waals surface area contributed by atoms with Gasteiger partial charge in [0.1, 0.15) is 25.5 Å². The molecule has 1 fully saturated rings. The number of quaternary nitrogens is 1. The fraction of sp³-hybridized carbons (Fsp3) is 0.957. The maximum absolute atomic E-state index is 13.2. The molecule has 0 spiro atoms. The number of phosphoric acid groups is 1. The van der Waals surface area contributed by atoms with E-state index < -0.39 is 43.7 Å². The van der Waals surface area contributed by atoms with E-state index in [-0.39, 0.29) is 26.1 Å². The molecule has 1 N–H and O–H groups in total. The molecule has 2 unspecified atom stereocenters. The summed E-state index contributed by atoms with van der Waals surface area (Å²) in [5.74, 6) is -0.863. The lowest BCUT2D eigenvalue weighted by Crippen LogP contribution is -2.49. The molecule has 0 aromatic carbocycles. The van der Waals surface area contributed by atoms with Crippen LogP contribution in [0.3, 0.4) is 0 Å². The molecule has 0 saturated carbocycles. The summed E-state index contributed by atoms with van der Waals surface area (Å²) in [6.45, 7) is 8.64. The number of likely N-dealkylation sites (N-methyl/N-ethyl adjacent to an activating group) is 1. The van der Waals surface area contributed by atoms with Gasteiger partial charge in [-0.1, -0.05) is 149 Å². The zero-order valence-corrected chi connectivity index (χ0v) is 40.0. The Kier molecular flexibility index (Phi) is 30.8. The molecule has 1 aliphatic rings. The van der Waals surface area contributed by atoms with Crippen LogP contribution < -0.4 is 0 Å². The first-order chi connectivity index (χ1) is 28.1. The van der Waals surface area contributed by atoms with Crippen molar-refractivity contribution in [1.82, 2.24) is 5.06 Å². The summed E-state index contributed by atoms with van der Waals surface area (Å²) in [5.41, 5.74) is -1.21. The summed E-state index contributed by atoms with van der Waals surface area (Å²) >= 11 is 0. The van der Waals surface area contributed by atoms with Gasteiger partial charge in [-0.25, -0.2) is 4.57 Å². The van der Waals surface area contributed by atoms with Crippen LogP contribution in [0.5, 0.6) is 0 Å². The molecule has 1 radical (unpaired) electrons. The standard InChI is InChI=1S/C46H90N2O10P/c1-8-10-12-14-15-16-17-18-19-20-21-22-23-27-30-34-44(50)58-42(40-57-59(52,53)56-38-37-48(5,6)7)39-54-43(49)33-29-26-24-25-28-32-36-46(35-31-13-11-9-2)47(51)45(3,4)41-55-46/h42H,8-41H2,1-7H3/p+1/t42-,46?/m0/s1. The second-order valence-electron chi connectivity index (χ2n) is 18.9. The molecule has 1 rings (SSSR count). The van der Waals surface area contributed by atoms with Crippen molar-refractivity contribution in [3.8, 4) is 0 Å². The predicted octanol–water partition coefficient (Wildman–Crippen LogP) is 11.8. The van der Waals surface area contributed by atoms with Gasteiger partial charge < -0.3 is 23.6 Å². The normalized spacial score (nSPS) is 18.5. The van der Waals surface area contributed by atoms with E-state index in [1.807, 2.05) is 35.0 Å². The third-order valence-electron chi connectivity index (χ3n) is 11.4. The van der Waals surface area contributed by atoms with E-state index in [1.54, 1.807) is 0 Å². The SMILES string of the molecule is CCCCCCCCCCCCCCCCCC(=O)O[C@@H](COC(=O)CCCCCCCCC1(CCCCCC)OCC(C)(C)N1[O])COP(=O)(O)OCC[N+](C)(C)C. The van der Waals surface area contributed by atoms with E-state index in [0.29, 0.717) is 30.5 Å². The summed E-state index contributed by atoms with van der Waals surface area (Å²) in [7, 11) is 1.42. The molecule has 0 bridgehead atoms. The largest absolute Gasteiger partial charge is 0.472 e. The highest BCUT2D eigenvalue weighted by molar-refractivity contribution is 7.47. The van der Waals surface area contributed by atoms with Crippen LogP contribution in [-0.2, 0) is 42.6 Å². The van der Waals surface area contributed by atoms with Crippen molar-refractivity contribution in [3.05, 3.63) is 0 Å². The van der Waals surface area contributed by atoms with E-state index in [1.165, 1.54) is 82.1 Å². The van der Waals surface area contributed by atoms with Gasteiger partial charge in [-0.2, -0.15) is 0 Å². The summed E-state index contributed by atoms with van der Waals surface area (Å²) in [6.07, 6.45) is 29.3. The molecule has 3 atom stereocenters. The van der Waals surface area contributed by atoms with Crippen molar-refractivity contribution < 1.29 is 52.0 Å². The van der Waals surface area contributed by atoms with Gasteiger partial charge >= 0.3 is 19.8 Å². The van der Waals surface area contributed by atoms with Crippen molar-refractivity contribution in [2.24, 2.45) is 0 Å². The minimum Gasteiger partial charge on any atom is -0.462 e. The van der Waals surface area contributed by atoms with Gasteiger partial charge in [-0.3, -0.25) is 18.6 Å². The molecule has 13 heteroatoms. The van der Waals surface area contributed by atoms with Crippen LogP contribution in [0.25, 0.3) is 0 Å². The number of carbonyl (C=O) groups is 2. The molecule has 349 valence electrons. The number of hydrogen-bond donors (Lipinski definition) is 1. The number of ether oxygens (including phenoxy) is 3. The quantitative estimate of drug-likeness (QED) is 0.0274. The van der Waals surface area contributed by atoms with Gasteiger partial charge in [0.15, 0.2) is 6.10 Å². The van der Waals surface area contributed by atoms with Crippen LogP contribution >= 0.6 is 7.82 Å². The fourth-order valence-corrected chi connectivity index (χ4v) is 8.30. The van der Waals surface area contributed by atoms with Gasteiger partial charge in [0, 0.05) is 12.8 Å². The zero-order valence-electron chi connectivity index (χ0n) is 39.1. The minimum absolute atomic E-state index is 0.0152. The Morgan fingerprint density at radius 2 is 1.08 bits per heavy atom. The van der Waals surface area contributed by atoms with Gasteiger partial charge in [0.05, 0.1) is 39.9 Å². The van der Waals surface area contributed by atoms with Crippen molar-refractivity contribution in [2.75, 3.05) is 54.1 Å². The molecule has 0 aromatic rings. The Morgan fingerprint density at radius 3 is 1.53 bits per heavy atom. The predicted molar refractivity (Wildman–Crippen MR) is 236 cm³/mol. The third-order valence-corrected chi connectivity index (χ3v) is 12.4. The average molecular weight is 863 g/mol. The number of carbonyl (C=O) groups excluding carboxylic acids is 2. The molecule has 1 saturated heterocycles. The van der Waals surface area contributed by atoms with Crippen LogP contribution in [0.2, 0.25) is 0 Å². The van der Waals surface area contributed by atoms with Gasteiger partial charge in [-0.15, -0.1) is 10.3 Å². The lowest BCUT2D eigenvalue weighted by Gasteiger charge is -2.35. The van der Waals surface area contributed by atoms with Gasteiger partial charge in [-0.05, 0) is 52.4 Å². The second-order valence-corrected chi connectivity index (χ2v) is 20.3. The number of esters is 2. The van der Waals surface area contributed by atoms with Crippen molar-refractivity contribution in [2.45, 2.75) is 231 Å². The van der Waals surface area contributed by atoms with Crippen LogP contribution in [0.4, 0.5) is 0 Å². The average Bonchev–Trinajstić information content (AvgIpc) is 3.40. The molecule has 1 aliphatic heterocycles.